The molecule has 2 aromatic rings. The van der Waals surface area contributed by atoms with Crippen molar-refractivity contribution < 1.29 is 9.47 Å². The van der Waals surface area contributed by atoms with Crippen LogP contribution in [0.2, 0.25) is 10.0 Å². The van der Waals surface area contributed by atoms with Gasteiger partial charge in [-0.2, -0.15) is 0 Å². The van der Waals surface area contributed by atoms with Crippen LogP contribution >= 0.6 is 47.2 Å². The lowest BCUT2D eigenvalue weighted by Crippen LogP contribution is -2.04. The Morgan fingerprint density at radius 1 is 1.09 bits per heavy atom. The van der Waals surface area contributed by atoms with Gasteiger partial charge >= 0.3 is 0 Å². The molecule has 1 aliphatic heterocycles. The molecule has 1 aliphatic rings. The summed E-state index contributed by atoms with van der Waals surface area (Å²) in [6, 6.07) is 11.2. The number of fused-ring (bicyclic) bond motifs is 1. The molecule has 0 bridgehead atoms. The van der Waals surface area contributed by atoms with Gasteiger partial charge in [0.1, 0.15) is 4.32 Å². The third-order valence-electron chi connectivity index (χ3n) is 2.97. The minimum atomic E-state index is 0.259. The molecule has 0 amide bonds. The van der Waals surface area contributed by atoms with Gasteiger partial charge in [0.05, 0.1) is 10.0 Å². The van der Waals surface area contributed by atoms with Gasteiger partial charge in [0.15, 0.2) is 11.5 Å². The Labute approximate surface area is 147 Å². The van der Waals surface area contributed by atoms with E-state index in [0.717, 1.165) is 22.7 Å². The molecular formula is C15H11Cl2NO2S2. The van der Waals surface area contributed by atoms with Crippen LogP contribution in [0.4, 0.5) is 5.69 Å². The van der Waals surface area contributed by atoms with E-state index in [4.69, 9.17) is 44.9 Å². The first-order valence-corrected chi connectivity index (χ1v) is 8.54. The molecular weight excluding hydrogens is 361 g/mol. The normalized spacial score (nSPS) is 12.3. The molecule has 114 valence electrons. The highest BCUT2D eigenvalue weighted by molar-refractivity contribution is 8.22. The van der Waals surface area contributed by atoms with Crippen molar-refractivity contribution in [2.24, 2.45) is 0 Å². The van der Waals surface area contributed by atoms with E-state index in [0.29, 0.717) is 20.1 Å². The van der Waals surface area contributed by atoms with E-state index in [1.807, 2.05) is 30.3 Å². The summed E-state index contributed by atoms with van der Waals surface area (Å²) < 4.78 is 11.3. The van der Waals surface area contributed by atoms with E-state index in [1.54, 1.807) is 6.07 Å². The second-order valence-electron chi connectivity index (χ2n) is 4.52. The number of hydrogen-bond acceptors (Lipinski definition) is 4. The SMILES string of the molecule is S=C(Nc1ccc2c(c1)OCO2)SCc1ccc(Cl)c(Cl)c1. The van der Waals surface area contributed by atoms with Crippen LogP contribution in [0.3, 0.4) is 0 Å². The Bertz CT molecular complexity index is 725. The van der Waals surface area contributed by atoms with E-state index in [9.17, 15) is 0 Å². The van der Waals surface area contributed by atoms with Gasteiger partial charge in [-0.25, -0.2) is 0 Å². The fourth-order valence-corrected chi connectivity index (χ4v) is 3.19. The highest BCUT2D eigenvalue weighted by Crippen LogP contribution is 2.34. The van der Waals surface area contributed by atoms with Crippen LogP contribution in [-0.4, -0.2) is 11.1 Å². The number of halogens is 2. The van der Waals surface area contributed by atoms with E-state index >= 15 is 0 Å². The molecule has 22 heavy (non-hydrogen) atoms. The number of hydrogen-bond donors (Lipinski definition) is 1. The van der Waals surface area contributed by atoms with Gasteiger partial charge in [-0.15, -0.1) is 0 Å². The Kier molecular flexibility index (Phi) is 4.98. The number of thiocarbonyl (C=S) groups is 1. The summed E-state index contributed by atoms with van der Waals surface area (Å²) in [7, 11) is 0. The Hall–Kier alpha value is -1.14. The van der Waals surface area contributed by atoms with Crippen molar-refractivity contribution in [2.45, 2.75) is 5.75 Å². The number of ether oxygens (including phenoxy) is 2. The molecule has 0 radical (unpaired) electrons. The van der Waals surface area contributed by atoms with Crippen LogP contribution in [0.5, 0.6) is 11.5 Å². The molecule has 0 aromatic heterocycles. The van der Waals surface area contributed by atoms with Crippen LogP contribution < -0.4 is 14.8 Å². The first-order valence-electron chi connectivity index (χ1n) is 6.39. The standard InChI is InChI=1S/C15H11Cl2NO2S2/c16-11-3-1-9(5-12(11)17)7-22-15(21)18-10-2-4-13-14(6-10)20-8-19-13/h1-6H,7-8H2,(H,18,21). The summed E-state index contributed by atoms with van der Waals surface area (Å²) in [4.78, 5) is 0. The molecule has 0 aliphatic carbocycles. The fourth-order valence-electron chi connectivity index (χ4n) is 1.91. The van der Waals surface area contributed by atoms with Gasteiger partial charge < -0.3 is 14.8 Å². The molecule has 1 N–H and O–H groups in total. The first kappa shape index (κ1) is 15.7. The second kappa shape index (κ2) is 6.96. The molecule has 0 unspecified atom stereocenters. The van der Waals surface area contributed by atoms with Crippen molar-refractivity contribution in [3.8, 4) is 11.5 Å². The van der Waals surface area contributed by atoms with Gasteiger partial charge in [-0.05, 0) is 29.8 Å². The van der Waals surface area contributed by atoms with E-state index in [-0.39, 0.29) is 6.79 Å². The van der Waals surface area contributed by atoms with Crippen molar-refractivity contribution in [3.63, 3.8) is 0 Å². The Morgan fingerprint density at radius 3 is 2.73 bits per heavy atom. The lowest BCUT2D eigenvalue weighted by Gasteiger charge is -2.08. The van der Waals surface area contributed by atoms with Gasteiger partial charge in [0, 0.05) is 17.5 Å². The largest absolute Gasteiger partial charge is 0.454 e. The molecule has 3 rings (SSSR count). The van der Waals surface area contributed by atoms with Crippen LogP contribution in [0, 0.1) is 0 Å². The zero-order chi connectivity index (χ0) is 15.5. The van der Waals surface area contributed by atoms with E-state index in [2.05, 4.69) is 5.32 Å². The molecule has 0 saturated heterocycles. The topological polar surface area (TPSA) is 30.5 Å². The van der Waals surface area contributed by atoms with Crippen LogP contribution in [0.25, 0.3) is 0 Å². The summed E-state index contributed by atoms with van der Waals surface area (Å²) in [5, 5.41) is 4.27. The Morgan fingerprint density at radius 2 is 1.91 bits per heavy atom. The molecule has 0 saturated carbocycles. The zero-order valence-corrected chi connectivity index (χ0v) is 14.4. The van der Waals surface area contributed by atoms with E-state index in [1.165, 1.54) is 11.8 Å². The lowest BCUT2D eigenvalue weighted by molar-refractivity contribution is 0.174. The highest BCUT2D eigenvalue weighted by atomic mass is 35.5. The van der Waals surface area contributed by atoms with Gasteiger partial charge in [-0.1, -0.05) is 53.2 Å². The fraction of sp³-hybridized carbons (Fsp3) is 0.133. The molecule has 0 spiro atoms. The molecule has 0 fully saturated rings. The molecule has 3 nitrogen and oxygen atoms in total. The predicted molar refractivity (Wildman–Crippen MR) is 96.5 cm³/mol. The molecule has 7 heteroatoms. The maximum absolute atomic E-state index is 6.00. The predicted octanol–water partition coefficient (Wildman–Crippen LogP) is 5.35. The number of thioether (sulfide) groups is 1. The van der Waals surface area contributed by atoms with Crippen molar-refractivity contribution in [1.29, 1.82) is 0 Å². The number of benzene rings is 2. The zero-order valence-electron chi connectivity index (χ0n) is 11.3. The maximum atomic E-state index is 6.00. The maximum Gasteiger partial charge on any atom is 0.231 e. The molecule has 2 aromatic carbocycles. The minimum absolute atomic E-state index is 0.259. The highest BCUT2D eigenvalue weighted by Gasteiger charge is 2.13. The number of anilines is 1. The van der Waals surface area contributed by atoms with Crippen LogP contribution in [0.15, 0.2) is 36.4 Å². The van der Waals surface area contributed by atoms with Crippen molar-refractivity contribution in [3.05, 3.63) is 52.0 Å². The average Bonchev–Trinajstić information content (AvgIpc) is 2.96. The van der Waals surface area contributed by atoms with Gasteiger partial charge in [-0.3, -0.25) is 0 Å². The summed E-state index contributed by atoms with van der Waals surface area (Å²) in [6.07, 6.45) is 0. The number of nitrogens with one attached hydrogen (secondary N) is 1. The summed E-state index contributed by atoms with van der Waals surface area (Å²) in [5.41, 5.74) is 1.94. The van der Waals surface area contributed by atoms with E-state index < -0.39 is 0 Å². The monoisotopic (exact) mass is 371 g/mol. The minimum Gasteiger partial charge on any atom is -0.454 e. The molecule has 0 atom stereocenters. The lowest BCUT2D eigenvalue weighted by atomic mass is 10.2. The van der Waals surface area contributed by atoms with Crippen LogP contribution in [-0.2, 0) is 5.75 Å². The van der Waals surface area contributed by atoms with Crippen molar-refractivity contribution >= 4 is 57.2 Å². The van der Waals surface area contributed by atoms with Gasteiger partial charge in [0.2, 0.25) is 6.79 Å². The smallest absolute Gasteiger partial charge is 0.231 e. The first-order chi connectivity index (χ1) is 10.6. The quantitative estimate of drug-likeness (QED) is 0.734. The summed E-state index contributed by atoms with van der Waals surface area (Å²) in [5.74, 6) is 2.19. The van der Waals surface area contributed by atoms with Gasteiger partial charge in [0.25, 0.3) is 0 Å². The molecule has 1 heterocycles. The second-order valence-corrected chi connectivity index (χ2v) is 6.98. The number of rotatable bonds is 3. The third-order valence-corrected chi connectivity index (χ3v) is 5.01. The van der Waals surface area contributed by atoms with Crippen molar-refractivity contribution in [2.75, 3.05) is 12.1 Å². The van der Waals surface area contributed by atoms with Crippen molar-refractivity contribution in [1.82, 2.24) is 0 Å². The average molecular weight is 372 g/mol. The summed E-state index contributed by atoms with van der Waals surface area (Å²) in [6.45, 7) is 0.259. The van der Waals surface area contributed by atoms with Crippen LogP contribution in [0.1, 0.15) is 5.56 Å². The summed E-state index contributed by atoms with van der Waals surface area (Å²) >= 11 is 18.8. The third kappa shape index (κ3) is 3.79. The Balaban J connectivity index is 1.57.